The van der Waals surface area contributed by atoms with Crippen LogP contribution in [0.5, 0.6) is 17.2 Å². The number of ether oxygens (including phenoxy) is 3. The second-order valence-electron chi connectivity index (χ2n) is 15.6. The van der Waals surface area contributed by atoms with E-state index in [0.717, 1.165) is 66.8 Å². The van der Waals surface area contributed by atoms with Crippen molar-refractivity contribution in [1.82, 2.24) is 0 Å². The Bertz CT molecular complexity index is 2490. The predicted molar refractivity (Wildman–Crippen MR) is 243 cm³/mol. The van der Waals surface area contributed by atoms with Gasteiger partial charge in [-0.05, 0) is 122 Å². The molecule has 9 nitrogen and oxygen atoms in total. The van der Waals surface area contributed by atoms with Crippen LogP contribution >= 0.6 is 0 Å². The van der Waals surface area contributed by atoms with E-state index in [4.69, 9.17) is 14.2 Å². The van der Waals surface area contributed by atoms with Gasteiger partial charge in [0.25, 0.3) is 0 Å². The number of hydrogen-bond acceptors (Lipinski definition) is 9. The fourth-order valence-corrected chi connectivity index (χ4v) is 7.89. The zero-order valence-electron chi connectivity index (χ0n) is 35.4. The SMILES string of the molecule is COC(=O)Cc1cccc(-c2cc(Cc3cc(Cc4ccc(O)c(-c5cccc(CC(=O)OC)c5)c4)cc(Cc4ccc(O)c(-c5cccc(CC(=O)OC)c5)c4)c3)ccc2O)c1. The lowest BCUT2D eigenvalue weighted by Gasteiger charge is -2.14. The number of carbonyl (C=O) groups excluding carboxylic acids is 3. The van der Waals surface area contributed by atoms with E-state index in [1.54, 1.807) is 18.2 Å². The molecule has 3 N–H and O–H groups in total. The molecule has 9 heteroatoms. The van der Waals surface area contributed by atoms with Crippen molar-refractivity contribution in [3.05, 3.63) is 196 Å². The fraction of sp³-hybridized carbons (Fsp3) is 0.167. The van der Waals surface area contributed by atoms with Crippen LogP contribution in [0.2, 0.25) is 0 Å². The first kappa shape index (κ1) is 43.4. The standard InChI is InChI=1S/C54H48O9/c1-61-52(58)31-34-7-4-10-43(25-34)46-28-37(13-16-49(46)55)19-40-22-41(20-38-14-17-50(56)47(29-38)44-11-5-8-35(26-44)32-53(59)62-2)24-42(23-40)21-39-15-18-51(57)48(30-39)45-12-6-9-36(27-45)33-54(60)63-3/h4-18,22-30,55-57H,19-21,31-33H2,1-3H3. The molecule has 0 unspecified atom stereocenters. The van der Waals surface area contributed by atoms with Crippen molar-refractivity contribution >= 4 is 17.9 Å². The number of carbonyl (C=O) groups is 3. The zero-order chi connectivity index (χ0) is 44.5. The molecule has 0 saturated carbocycles. The van der Waals surface area contributed by atoms with Crippen LogP contribution in [-0.2, 0) is 67.1 Å². The topological polar surface area (TPSA) is 140 Å². The molecule has 0 aliphatic rings. The summed E-state index contributed by atoms with van der Waals surface area (Å²) in [6.07, 6.45) is 2.02. The lowest BCUT2D eigenvalue weighted by molar-refractivity contribution is -0.140. The maximum absolute atomic E-state index is 12.0. The van der Waals surface area contributed by atoms with Crippen LogP contribution in [0, 0.1) is 0 Å². The molecule has 0 heterocycles. The number of aromatic hydroxyl groups is 3. The first-order valence-electron chi connectivity index (χ1n) is 20.5. The first-order valence-corrected chi connectivity index (χ1v) is 20.5. The lowest BCUT2D eigenvalue weighted by Crippen LogP contribution is -2.04. The summed E-state index contributed by atoms with van der Waals surface area (Å²) in [4.78, 5) is 36.1. The molecule has 0 aliphatic heterocycles. The minimum absolute atomic E-state index is 0.120. The monoisotopic (exact) mass is 840 g/mol. The largest absolute Gasteiger partial charge is 0.507 e. The molecular weight excluding hydrogens is 793 g/mol. The van der Waals surface area contributed by atoms with E-state index in [2.05, 4.69) is 18.2 Å². The van der Waals surface area contributed by atoms with Gasteiger partial charge in [-0.2, -0.15) is 0 Å². The Morgan fingerprint density at radius 3 is 0.905 bits per heavy atom. The molecule has 0 saturated heterocycles. The molecule has 7 aromatic rings. The van der Waals surface area contributed by atoms with Crippen LogP contribution in [0.4, 0.5) is 0 Å². The van der Waals surface area contributed by atoms with Gasteiger partial charge in [-0.15, -0.1) is 0 Å². The van der Waals surface area contributed by atoms with Crippen LogP contribution in [-0.4, -0.2) is 54.6 Å². The molecule has 63 heavy (non-hydrogen) atoms. The summed E-state index contributed by atoms with van der Waals surface area (Å²) in [6.45, 7) is 0. The molecule has 0 aromatic heterocycles. The van der Waals surface area contributed by atoms with Crippen LogP contribution in [0.3, 0.4) is 0 Å². The van der Waals surface area contributed by atoms with Crippen molar-refractivity contribution < 1.29 is 43.9 Å². The number of rotatable bonds is 15. The molecule has 0 atom stereocenters. The number of hydrogen-bond donors (Lipinski definition) is 3. The van der Waals surface area contributed by atoms with Crippen molar-refractivity contribution in [2.24, 2.45) is 0 Å². The van der Waals surface area contributed by atoms with Crippen molar-refractivity contribution in [3.8, 4) is 50.6 Å². The quantitative estimate of drug-likeness (QED) is 0.0680. The summed E-state index contributed by atoms with van der Waals surface area (Å²) in [5, 5.41) is 33.0. The number of methoxy groups -OCH3 is 3. The van der Waals surface area contributed by atoms with E-state index >= 15 is 0 Å². The molecule has 7 rings (SSSR count). The van der Waals surface area contributed by atoms with Gasteiger partial charge in [-0.3, -0.25) is 14.4 Å². The lowest BCUT2D eigenvalue weighted by atomic mass is 9.91. The zero-order valence-corrected chi connectivity index (χ0v) is 35.4. The van der Waals surface area contributed by atoms with Gasteiger partial charge >= 0.3 is 17.9 Å². The van der Waals surface area contributed by atoms with E-state index in [1.807, 2.05) is 109 Å². The van der Waals surface area contributed by atoms with Crippen molar-refractivity contribution in [2.75, 3.05) is 21.3 Å². The summed E-state index contributed by atoms with van der Waals surface area (Å²) in [5.41, 5.74) is 12.7. The molecular formula is C54H48O9. The van der Waals surface area contributed by atoms with Gasteiger partial charge in [0.2, 0.25) is 0 Å². The number of benzene rings is 7. The predicted octanol–water partition coefficient (Wildman–Crippen LogP) is 9.72. The van der Waals surface area contributed by atoms with E-state index in [-0.39, 0.29) is 54.4 Å². The maximum atomic E-state index is 12.0. The number of esters is 3. The molecule has 0 spiro atoms. The molecule has 0 aliphatic carbocycles. The highest BCUT2D eigenvalue weighted by molar-refractivity contribution is 5.78. The van der Waals surface area contributed by atoms with Gasteiger partial charge in [0.15, 0.2) is 0 Å². The van der Waals surface area contributed by atoms with E-state index in [9.17, 15) is 29.7 Å². The van der Waals surface area contributed by atoms with Crippen molar-refractivity contribution in [3.63, 3.8) is 0 Å². The normalized spacial score (nSPS) is 10.9. The second kappa shape index (κ2) is 19.8. The summed E-state index contributed by atoms with van der Waals surface area (Å²) in [7, 11) is 4.08. The molecule has 0 fully saturated rings. The molecule has 0 bridgehead atoms. The van der Waals surface area contributed by atoms with Gasteiger partial charge in [-0.1, -0.05) is 109 Å². The maximum Gasteiger partial charge on any atom is 0.309 e. The van der Waals surface area contributed by atoms with E-state index in [1.165, 1.54) is 21.3 Å². The third-order valence-electron chi connectivity index (χ3n) is 11.0. The van der Waals surface area contributed by atoms with E-state index < -0.39 is 0 Å². The van der Waals surface area contributed by atoms with Gasteiger partial charge in [0, 0.05) is 16.7 Å². The van der Waals surface area contributed by atoms with Gasteiger partial charge in [0.05, 0.1) is 40.6 Å². The highest BCUT2D eigenvalue weighted by Crippen LogP contribution is 2.35. The molecule has 7 aromatic carbocycles. The first-order chi connectivity index (χ1) is 30.5. The third kappa shape index (κ3) is 11.2. The van der Waals surface area contributed by atoms with Crippen LogP contribution in [0.1, 0.15) is 50.1 Å². The van der Waals surface area contributed by atoms with Crippen LogP contribution in [0.25, 0.3) is 33.4 Å². The third-order valence-corrected chi connectivity index (χ3v) is 11.0. The summed E-state index contributed by atoms with van der Waals surface area (Å²) in [6, 6.07) is 45.7. The van der Waals surface area contributed by atoms with Gasteiger partial charge in [-0.25, -0.2) is 0 Å². The Morgan fingerprint density at radius 2 is 0.635 bits per heavy atom. The molecule has 318 valence electrons. The molecule has 0 radical (unpaired) electrons. The summed E-state index contributed by atoms with van der Waals surface area (Å²) >= 11 is 0. The Balaban J connectivity index is 1.24. The fourth-order valence-electron chi connectivity index (χ4n) is 7.89. The highest BCUT2D eigenvalue weighted by atomic mass is 16.5. The summed E-state index contributed by atoms with van der Waals surface area (Å²) in [5.74, 6) is -0.656. The van der Waals surface area contributed by atoms with Crippen molar-refractivity contribution in [1.29, 1.82) is 0 Å². The van der Waals surface area contributed by atoms with Crippen LogP contribution < -0.4 is 0 Å². The van der Waals surface area contributed by atoms with Gasteiger partial charge < -0.3 is 29.5 Å². The van der Waals surface area contributed by atoms with E-state index in [0.29, 0.717) is 36.0 Å². The smallest absolute Gasteiger partial charge is 0.309 e. The average Bonchev–Trinajstić information content (AvgIpc) is 3.28. The van der Waals surface area contributed by atoms with Gasteiger partial charge in [0.1, 0.15) is 17.2 Å². The average molecular weight is 841 g/mol. The van der Waals surface area contributed by atoms with Crippen LogP contribution in [0.15, 0.2) is 146 Å². The summed E-state index contributed by atoms with van der Waals surface area (Å²) < 4.78 is 14.6. The molecule has 0 amide bonds. The number of phenolic OH excluding ortho intramolecular Hbond substituents is 3. The second-order valence-corrected chi connectivity index (χ2v) is 15.6. The Labute approximate surface area is 366 Å². The van der Waals surface area contributed by atoms with Crippen molar-refractivity contribution in [2.45, 2.75) is 38.5 Å². The Morgan fingerprint density at radius 1 is 0.349 bits per heavy atom. The minimum Gasteiger partial charge on any atom is -0.507 e. The number of phenols is 3. The Kier molecular flexibility index (Phi) is 13.7. The highest BCUT2D eigenvalue weighted by Gasteiger charge is 2.15. The minimum atomic E-state index is -0.345. The Hall–Kier alpha value is -7.65.